The second-order valence-electron chi connectivity index (χ2n) is 8.80. The van der Waals surface area contributed by atoms with Crippen LogP contribution < -0.4 is 10.1 Å². The SMILES string of the molecule is CCOC1CC=CC=C1N1CCCN(CCCCOc2ccc3c(c2)NC(=O)CC3)CC1. The lowest BCUT2D eigenvalue weighted by atomic mass is 10.0. The van der Waals surface area contributed by atoms with Crippen LogP contribution in [-0.4, -0.2) is 67.7 Å². The van der Waals surface area contributed by atoms with Crippen molar-refractivity contribution in [3.63, 3.8) is 0 Å². The predicted octanol–water partition coefficient (Wildman–Crippen LogP) is 3.99. The summed E-state index contributed by atoms with van der Waals surface area (Å²) in [6.07, 6.45) is 12.6. The van der Waals surface area contributed by atoms with Gasteiger partial charge in [0.25, 0.3) is 0 Å². The molecule has 32 heavy (non-hydrogen) atoms. The molecule has 1 N–H and O–H groups in total. The van der Waals surface area contributed by atoms with E-state index in [1.165, 1.54) is 17.7 Å². The first-order valence-electron chi connectivity index (χ1n) is 12.2. The smallest absolute Gasteiger partial charge is 0.224 e. The van der Waals surface area contributed by atoms with Gasteiger partial charge in [0.1, 0.15) is 11.9 Å². The van der Waals surface area contributed by atoms with E-state index in [0.717, 1.165) is 76.5 Å². The van der Waals surface area contributed by atoms with Crippen molar-refractivity contribution in [2.45, 2.75) is 51.6 Å². The number of nitrogens with zero attached hydrogens (tertiary/aromatic N) is 2. The first-order valence-corrected chi connectivity index (χ1v) is 12.2. The molecule has 0 radical (unpaired) electrons. The van der Waals surface area contributed by atoms with Gasteiger partial charge in [-0.05, 0) is 69.8 Å². The van der Waals surface area contributed by atoms with Crippen LogP contribution in [0.25, 0.3) is 0 Å². The highest BCUT2D eigenvalue weighted by Gasteiger charge is 2.23. The normalized spacial score (nSPS) is 21.5. The molecule has 1 unspecified atom stereocenters. The summed E-state index contributed by atoms with van der Waals surface area (Å²) in [4.78, 5) is 16.7. The van der Waals surface area contributed by atoms with Crippen molar-refractivity contribution in [2.75, 3.05) is 51.3 Å². The Morgan fingerprint density at radius 2 is 2.06 bits per heavy atom. The van der Waals surface area contributed by atoms with Crippen LogP contribution in [0, 0.1) is 0 Å². The first kappa shape index (κ1) is 22.9. The number of aryl methyl sites for hydroxylation is 1. The van der Waals surface area contributed by atoms with Gasteiger partial charge in [-0.2, -0.15) is 0 Å². The molecule has 1 atom stereocenters. The summed E-state index contributed by atoms with van der Waals surface area (Å²) in [5.74, 6) is 0.936. The molecule has 3 aliphatic rings. The summed E-state index contributed by atoms with van der Waals surface area (Å²) < 4.78 is 11.9. The molecule has 0 aromatic heterocycles. The van der Waals surface area contributed by atoms with Crippen LogP contribution >= 0.6 is 0 Å². The molecule has 2 aliphatic heterocycles. The lowest BCUT2D eigenvalue weighted by Gasteiger charge is -2.32. The number of amides is 1. The van der Waals surface area contributed by atoms with E-state index >= 15 is 0 Å². The van der Waals surface area contributed by atoms with Gasteiger partial charge >= 0.3 is 0 Å². The third kappa shape index (κ3) is 6.14. The molecule has 2 heterocycles. The minimum Gasteiger partial charge on any atom is -0.494 e. The number of hydrogen-bond donors (Lipinski definition) is 1. The summed E-state index contributed by atoms with van der Waals surface area (Å²) >= 11 is 0. The fourth-order valence-electron chi connectivity index (χ4n) is 4.78. The van der Waals surface area contributed by atoms with E-state index < -0.39 is 0 Å². The zero-order valence-electron chi connectivity index (χ0n) is 19.4. The Balaban J connectivity index is 1.16. The van der Waals surface area contributed by atoms with E-state index in [4.69, 9.17) is 9.47 Å². The Hall–Kier alpha value is -2.31. The molecule has 1 amide bonds. The molecular formula is C26H37N3O3. The third-order valence-corrected chi connectivity index (χ3v) is 6.52. The number of hydrogen-bond acceptors (Lipinski definition) is 5. The molecule has 4 rings (SSSR count). The van der Waals surface area contributed by atoms with Crippen LogP contribution in [0.4, 0.5) is 5.69 Å². The van der Waals surface area contributed by atoms with Crippen LogP contribution in [0.5, 0.6) is 5.75 Å². The van der Waals surface area contributed by atoms with E-state index in [2.05, 4.69) is 46.3 Å². The Morgan fingerprint density at radius 3 is 2.97 bits per heavy atom. The van der Waals surface area contributed by atoms with Crippen molar-refractivity contribution in [3.05, 3.63) is 47.7 Å². The molecular weight excluding hydrogens is 402 g/mol. The number of rotatable bonds is 9. The van der Waals surface area contributed by atoms with E-state index in [1.54, 1.807) is 0 Å². The Bertz CT molecular complexity index is 836. The van der Waals surface area contributed by atoms with Crippen LogP contribution in [0.3, 0.4) is 0 Å². The summed E-state index contributed by atoms with van der Waals surface area (Å²) in [6.45, 7) is 9.10. The molecule has 0 saturated carbocycles. The van der Waals surface area contributed by atoms with E-state index in [9.17, 15) is 4.79 Å². The van der Waals surface area contributed by atoms with Crippen molar-refractivity contribution < 1.29 is 14.3 Å². The number of fused-ring (bicyclic) bond motifs is 1. The number of benzene rings is 1. The molecule has 1 saturated heterocycles. The van der Waals surface area contributed by atoms with E-state index in [-0.39, 0.29) is 12.0 Å². The monoisotopic (exact) mass is 439 g/mol. The van der Waals surface area contributed by atoms with Gasteiger partial charge in [-0.15, -0.1) is 0 Å². The van der Waals surface area contributed by atoms with Crippen molar-refractivity contribution in [2.24, 2.45) is 0 Å². The van der Waals surface area contributed by atoms with Crippen LogP contribution in [0.15, 0.2) is 42.1 Å². The Morgan fingerprint density at radius 1 is 1.12 bits per heavy atom. The average molecular weight is 440 g/mol. The van der Waals surface area contributed by atoms with Crippen LogP contribution in [0.1, 0.15) is 44.6 Å². The Kier molecular flexibility index (Phi) is 8.24. The fraction of sp³-hybridized carbons (Fsp3) is 0.577. The van der Waals surface area contributed by atoms with Gasteiger partial charge in [0.2, 0.25) is 5.91 Å². The third-order valence-electron chi connectivity index (χ3n) is 6.52. The number of allylic oxidation sites excluding steroid dienone is 2. The number of carbonyl (C=O) groups is 1. The molecule has 6 nitrogen and oxygen atoms in total. The molecule has 1 aromatic carbocycles. The van der Waals surface area contributed by atoms with Gasteiger partial charge < -0.3 is 24.6 Å². The van der Waals surface area contributed by atoms with E-state index in [1.807, 2.05) is 12.1 Å². The Labute approximate surface area is 192 Å². The number of carbonyl (C=O) groups excluding carboxylic acids is 1. The average Bonchev–Trinajstić information content (AvgIpc) is 3.05. The number of ether oxygens (including phenoxy) is 2. The molecule has 0 spiro atoms. The van der Waals surface area contributed by atoms with Crippen LogP contribution in [0.2, 0.25) is 0 Å². The highest BCUT2D eigenvalue weighted by molar-refractivity contribution is 5.94. The van der Waals surface area contributed by atoms with Gasteiger partial charge in [-0.1, -0.05) is 18.2 Å². The van der Waals surface area contributed by atoms with Gasteiger partial charge in [0.05, 0.1) is 6.61 Å². The first-order chi connectivity index (χ1) is 15.7. The lowest BCUT2D eigenvalue weighted by molar-refractivity contribution is -0.116. The minimum absolute atomic E-state index is 0.0929. The highest BCUT2D eigenvalue weighted by Crippen LogP contribution is 2.27. The molecule has 1 fully saturated rings. The zero-order valence-corrected chi connectivity index (χ0v) is 19.4. The zero-order chi connectivity index (χ0) is 22.2. The number of nitrogens with one attached hydrogen (secondary N) is 1. The van der Waals surface area contributed by atoms with Gasteiger partial charge in [-0.25, -0.2) is 0 Å². The van der Waals surface area contributed by atoms with Gasteiger partial charge in [0, 0.05) is 50.1 Å². The van der Waals surface area contributed by atoms with Crippen molar-refractivity contribution in [3.8, 4) is 5.75 Å². The molecule has 174 valence electrons. The molecule has 1 aliphatic carbocycles. The quantitative estimate of drug-likeness (QED) is 0.590. The molecule has 6 heteroatoms. The molecule has 0 bridgehead atoms. The highest BCUT2D eigenvalue weighted by atomic mass is 16.5. The fourth-order valence-corrected chi connectivity index (χ4v) is 4.78. The van der Waals surface area contributed by atoms with Crippen molar-refractivity contribution in [1.29, 1.82) is 0 Å². The number of unbranched alkanes of at least 4 members (excludes halogenated alkanes) is 1. The summed E-state index contributed by atoms with van der Waals surface area (Å²) in [6, 6.07) is 6.05. The maximum atomic E-state index is 11.6. The summed E-state index contributed by atoms with van der Waals surface area (Å²) in [5, 5.41) is 2.94. The van der Waals surface area contributed by atoms with E-state index in [0.29, 0.717) is 13.0 Å². The van der Waals surface area contributed by atoms with Crippen molar-refractivity contribution in [1.82, 2.24) is 9.80 Å². The minimum atomic E-state index is 0.0929. The lowest BCUT2D eigenvalue weighted by Crippen LogP contribution is -2.36. The second kappa shape index (κ2) is 11.5. The maximum absolute atomic E-state index is 11.6. The summed E-state index contributed by atoms with van der Waals surface area (Å²) in [5.41, 5.74) is 3.45. The van der Waals surface area contributed by atoms with Gasteiger partial charge in [-0.3, -0.25) is 4.79 Å². The standard InChI is InChI=1S/C26H37N3O3/c1-2-31-25-9-4-3-8-24(25)29-16-7-15-28(17-18-29)14-5-6-19-32-22-12-10-21-11-13-26(30)27-23(21)20-22/h3-4,8,10,12,20,25H,2,5-7,9,11,13-19H2,1H3,(H,27,30). The van der Waals surface area contributed by atoms with Crippen molar-refractivity contribution >= 4 is 11.6 Å². The maximum Gasteiger partial charge on any atom is 0.224 e. The largest absolute Gasteiger partial charge is 0.494 e. The second-order valence-corrected chi connectivity index (χ2v) is 8.80. The number of anilines is 1. The van der Waals surface area contributed by atoms with Gasteiger partial charge in [0.15, 0.2) is 0 Å². The topological polar surface area (TPSA) is 54.0 Å². The molecule has 1 aromatic rings. The predicted molar refractivity (Wildman–Crippen MR) is 128 cm³/mol. The summed E-state index contributed by atoms with van der Waals surface area (Å²) in [7, 11) is 0. The van der Waals surface area contributed by atoms with Crippen LogP contribution in [-0.2, 0) is 16.0 Å².